The van der Waals surface area contributed by atoms with Gasteiger partial charge in [-0.2, -0.15) is 0 Å². The van der Waals surface area contributed by atoms with E-state index >= 15 is 0 Å². The standard InChI is InChI=1S/C24H33NO4/c1-8-22(29-19-11-9-18(27-6)10-12-19)24(26)25-17(5)21-14-20(15(2)3)23(28-7)13-16(21)4/h9-15,17,22H,8H2,1-7H3,(H,25,26)/t17-,22+/m1/s1. The summed E-state index contributed by atoms with van der Waals surface area (Å²) in [7, 11) is 3.30. The van der Waals surface area contributed by atoms with Gasteiger partial charge in [-0.25, -0.2) is 0 Å². The summed E-state index contributed by atoms with van der Waals surface area (Å²) in [5.41, 5.74) is 3.31. The van der Waals surface area contributed by atoms with Gasteiger partial charge in [-0.1, -0.05) is 20.8 Å². The summed E-state index contributed by atoms with van der Waals surface area (Å²) in [5, 5.41) is 3.11. The van der Waals surface area contributed by atoms with Crippen LogP contribution in [0, 0.1) is 6.92 Å². The summed E-state index contributed by atoms with van der Waals surface area (Å²) >= 11 is 0. The molecule has 2 atom stereocenters. The largest absolute Gasteiger partial charge is 0.497 e. The van der Waals surface area contributed by atoms with Crippen molar-refractivity contribution >= 4 is 5.91 Å². The molecule has 0 aliphatic carbocycles. The molecule has 0 aromatic heterocycles. The van der Waals surface area contributed by atoms with Crippen molar-refractivity contribution in [2.24, 2.45) is 0 Å². The first-order valence-electron chi connectivity index (χ1n) is 10.1. The number of aryl methyl sites for hydroxylation is 1. The number of rotatable bonds is 9. The maximum Gasteiger partial charge on any atom is 0.261 e. The van der Waals surface area contributed by atoms with Crippen molar-refractivity contribution < 1.29 is 19.0 Å². The SMILES string of the molecule is CC[C@H](Oc1ccc(OC)cc1)C(=O)N[C@H](C)c1cc(C(C)C)c(OC)cc1C. The van der Waals surface area contributed by atoms with Crippen LogP contribution >= 0.6 is 0 Å². The van der Waals surface area contributed by atoms with Crippen LogP contribution in [-0.4, -0.2) is 26.2 Å². The lowest BCUT2D eigenvalue weighted by atomic mass is 9.93. The van der Waals surface area contributed by atoms with E-state index < -0.39 is 6.10 Å². The first kappa shape index (κ1) is 22.6. The Kier molecular flexibility index (Phi) is 7.94. The van der Waals surface area contributed by atoms with Crippen LogP contribution in [0.1, 0.15) is 62.8 Å². The van der Waals surface area contributed by atoms with Crippen LogP contribution in [0.15, 0.2) is 36.4 Å². The Balaban J connectivity index is 2.14. The van der Waals surface area contributed by atoms with E-state index in [1.54, 1.807) is 26.4 Å². The molecule has 0 saturated heterocycles. The van der Waals surface area contributed by atoms with Gasteiger partial charge in [0.2, 0.25) is 0 Å². The molecular formula is C24H33NO4. The normalized spacial score (nSPS) is 13.0. The molecule has 2 aromatic carbocycles. The molecule has 5 nitrogen and oxygen atoms in total. The number of carbonyl (C=O) groups excluding carboxylic acids is 1. The molecular weight excluding hydrogens is 366 g/mol. The molecule has 0 aliphatic heterocycles. The summed E-state index contributed by atoms with van der Waals surface area (Å²) < 4.78 is 16.6. The molecule has 5 heteroatoms. The highest BCUT2D eigenvalue weighted by Gasteiger charge is 2.22. The van der Waals surface area contributed by atoms with Crippen LogP contribution in [0.4, 0.5) is 0 Å². The van der Waals surface area contributed by atoms with E-state index in [9.17, 15) is 4.79 Å². The minimum Gasteiger partial charge on any atom is -0.497 e. The van der Waals surface area contributed by atoms with Gasteiger partial charge in [0.1, 0.15) is 17.2 Å². The van der Waals surface area contributed by atoms with E-state index in [4.69, 9.17) is 14.2 Å². The number of carbonyl (C=O) groups is 1. The van der Waals surface area contributed by atoms with Crippen molar-refractivity contribution in [3.63, 3.8) is 0 Å². The van der Waals surface area contributed by atoms with Gasteiger partial charge >= 0.3 is 0 Å². The minimum absolute atomic E-state index is 0.128. The molecule has 0 bridgehead atoms. The van der Waals surface area contributed by atoms with E-state index in [2.05, 4.69) is 25.2 Å². The van der Waals surface area contributed by atoms with E-state index in [1.807, 2.05) is 39.0 Å². The Morgan fingerprint density at radius 3 is 2.10 bits per heavy atom. The van der Waals surface area contributed by atoms with Crippen molar-refractivity contribution in [3.8, 4) is 17.2 Å². The molecule has 0 radical (unpaired) electrons. The van der Waals surface area contributed by atoms with Gasteiger partial charge in [0.05, 0.1) is 20.3 Å². The van der Waals surface area contributed by atoms with E-state index in [1.165, 1.54) is 0 Å². The Bertz CT molecular complexity index is 814. The molecule has 2 rings (SSSR count). The van der Waals surface area contributed by atoms with E-state index in [-0.39, 0.29) is 11.9 Å². The second-order valence-corrected chi connectivity index (χ2v) is 7.53. The third kappa shape index (κ3) is 5.66. The number of nitrogens with one attached hydrogen (secondary N) is 1. The Morgan fingerprint density at radius 1 is 0.966 bits per heavy atom. The van der Waals surface area contributed by atoms with Gasteiger partial charge in [-0.3, -0.25) is 4.79 Å². The van der Waals surface area contributed by atoms with Gasteiger partial charge in [0.25, 0.3) is 5.91 Å². The molecule has 158 valence electrons. The lowest BCUT2D eigenvalue weighted by Gasteiger charge is -2.23. The quantitative estimate of drug-likeness (QED) is 0.632. The van der Waals surface area contributed by atoms with Crippen molar-refractivity contribution in [1.82, 2.24) is 5.32 Å². The fourth-order valence-electron chi connectivity index (χ4n) is 3.34. The van der Waals surface area contributed by atoms with Crippen molar-refractivity contribution in [1.29, 1.82) is 0 Å². The predicted molar refractivity (Wildman–Crippen MR) is 116 cm³/mol. The highest BCUT2D eigenvalue weighted by atomic mass is 16.5. The molecule has 0 heterocycles. The summed E-state index contributed by atoms with van der Waals surface area (Å²) in [5.74, 6) is 2.47. The van der Waals surface area contributed by atoms with Crippen LogP contribution < -0.4 is 19.5 Å². The highest BCUT2D eigenvalue weighted by molar-refractivity contribution is 5.81. The Morgan fingerprint density at radius 2 is 1.59 bits per heavy atom. The molecule has 1 amide bonds. The summed E-state index contributed by atoms with van der Waals surface area (Å²) in [6.45, 7) is 10.2. The topological polar surface area (TPSA) is 56.8 Å². The monoisotopic (exact) mass is 399 g/mol. The first-order valence-corrected chi connectivity index (χ1v) is 10.1. The minimum atomic E-state index is -0.561. The molecule has 0 saturated carbocycles. The maximum absolute atomic E-state index is 12.9. The summed E-state index contributed by atoms with van der Waals surface area (Å²) in [6, 6.07) is 11.3. The molecule has 0 fully saturated rings. The number of amides is 1. The van der Waals surface area contributed by atoms with Crippen LogP contribution in [0.5, 0.6) is 17.2 Å². The second kappa shape index (κ2) is 10.2. The molecule has 0 aliphatic rings. The van der Waals surface area contributed by atoms with E-state index in [0.717, 1.165) is 28.2 Å². The van der Waals surface area contributed by atoms with Gasteiger partial charge < -0.3 is 19.5 Å². The van der Waals surface area contributed by atoms with Crippen LogP contribution in [0.3, 0.4) is 0 Å². The fraction of sp³-hybridized carbons (Fsp3) is 0.458. The van der Waals surface area contributed by atoms with Crippen LogP contribution in [0.2, 0.25) is 0 Å². The number of hydrogen-bond donors (Lipinski definition) is 1. The molecule has 29 heavy (non-hydrogen) atoms. The Labute approximate surface area is 174 Å². The molecule has 0 spiro atoms. The average Bonchev–Trinajstić information content (AvgIpc) is 2.71. The van der Waals surface area contributed by atoms with Crippen LogP contribution in [-0.2, 0) is 4.79 Å². The smallest absolute Gasteiger partial charge is 0.261 e. The molecule has 2 aromatic rings. The first-order chi connectivity index (χ1) is 13.8. The molecule has 0 unspecified atom stereocenters. The van der Waals surface area contributed by atoms with Crippen LogP contribution in [0.25, 0.3) is 0 Å². The number of benzene rings is 2. The zero-order valence-corrected chi connectivity index (χ0v) is 18.5. The third-order valence-electron chi connectivity index (χ3n) is 5.07. The lowest BCUT2D eigenvalue weighted by molar-refractivity contribution is -0.128. The van der Waals surface area contributed by atoms with Gasteiger partial charge in [-0.15, -0.1) is 0 Å². The average molecular weight is 400 g/mol. The number of methoxy groups -OCH3 is 2. The van der Waals surface area contributed by atoms with Crippen molar-refractivity contribution in [2.75, 3.05) is 14.2 Å². The van der Waals surface area contributed by atoms with Gasteiger partial charge in [0, 0.05) is 0 Å². The van der Waals surface area contributed by atoms with Gasteiger partial charge in [-0.05, 0) is 79.3 Å². The second-order valence-electron chi connectivity index (χ2n) is 7.53. The van der Waals surface area contributed by atoms with Crippen molar-refractivity contribution in [2.45, 2.75) is 59.1 Å². The predicted octanol–water partition coefficient (Wildman–Crippen LogP) is 5.17. The Hall–Kier alpha value is -2.69. The summed E-state index contributed by atoms with van der Waals surface area (Å²) in [6.07, 6.45) is 0.0117. The fourth-order valence-corrected chi connectivity index (χ4v) is 3.34. The highest BCUT2D eigenvalue weighted by Crippen LogP contribution is 2.32. The maximum atomic E-state index is 12.9. The zero-order chi connectivity index (χ0) is 21.6. The molecule has 1 N–H and O–H groups in total. The zero-order valence-electron chi connectivity index (χ0n) is 18.5. The van der Waals surface area contributed by atoms with E-state index in [0.29, 0.717) is 18.1 Å². The van der Waals surface area contributed by atoms with Crippen molar-refractivity contribution in [3.05, 3.63) is 53.1 Å². The van der Waals surface area contributed by atoms with Gasteiger partial charge in [0.15, 0.2) is 6.10 Å². The number of ether oxygens (including phenoxy) is 3. The lowest BCUT2D eigenvalue weighted by Crippen LogP contribution is -2.39. The number of hydrogen-bond acceptors (Lipinski definition) is 4. The summed E-state index contributed by atoms with van der Waals surface area (Å²) in [4.78, 5) is 12.9. The third-order valence-corrected chi connectivity index (χ3v) is 5.07.